The van der Waals surface area contributed by atoms with E-state index in [-0.39, 0.29) is 66.5 Å². The molecule has 3 N–H and O–H groups in total. The fraction of sp³-hybridized carbons (Fsp3) is 0.643. The molecule has 4 fully saturated rings. The SMILES string of the molecule is CO[C@@H](C)c1ncc(N2CCN(C3CC3)CC2)cc1-c1c(CC(F)(F)F)c2ccc3c(F)c2n1CC(C)(C)COC(=O)[C@@H]1CCCN(N1)C(=O)[C@@H](N)C[C@H]1CN3CCO1. The number of methoxy groups -OCH3 is 1. The molecule has 322 valence electrons. The first kappa shape index (κ1) is 41.7. The fourth-order valence-corrected chi connectivity index (χ4v) is 9.22. The molecule has 2 aromatic heterocycles. The molecule has 0 radical (unpaired) electrons. The van der Waals surface area contributed by atoms with Crippen LogP contribution in [0.25, 0.3) is 22.2 Å². The number of pyridine rings is 1. The standard InChI is InChI=1S/C42H56F4N8O5/c1-25(57-4)36-30(18-27(21-48-36)51-14-12-50(13-15-51)26-7-8-26)37-31(20-42(44,45)46)29-9-10-34-35(43)38(29)53(37)23-41(2,3)24-59-40(56)33-6-5-11-54(49-33)39(55)32(47)19-28-22-52(34)16-17-58-28/h9-10,18,21,25-26,28,32-33,49H,5-8,11-17,19-20,22-24,47H2,1-4H3/t25-,28-,32-,33-/m0/s1. The van der Waals surface area contributed by atoms with Gasteiger partial charge in [0.25, 0.3) is 5.91 Å². The molecule has 0 unspecified atom stereocenters. The van der Waals surface area contributed by atoms with Crippen LogP contribution in [0, 0.1) is 11.2 Å². The summed E-state index contributed by atoms with van der Waals surface area (Å²) in [7, 11) is 1.52. The van der Waals surface area contributed by atoms with Crippen LogP contribution in [0.2, 0.25) is 0 Å². The summed E-state index contributed by atoms with van der Waals surface area (Å²) in [5.41, 5.74) is 10.5. The summed E-state index contributed by atoms with van der Waals surface area (Å²) in [4.78, 5) is 38.4. The van der Waals surface area contributed by atoms with Crippen molar-refractivity contribution in [2.45, 2.75) is 102 Å². The third kappa shape index (κ3) is 8.76. The number of nitrogens with two attached hydrogens (primary N) is 1. The molecule has 4 aliphatic heterocycles. The first-order chi connectivity index (χ1) is 28.1. The summed E-state index contributed by atoms with van der Waals surface area (Å²) in [6, 6.07) is 3.84. The number of amides is 1. The largest absolute Gasteiger partial charge is 0.464 e. The second-order valence-electron chi connectivity index (χ2n) is 17.6. The fourth-order valence-electron chi connectivity index (χ4n) is 9.22. The Labute approximate surface area is 342 Å². The second-order valence-corrected chi connectivity index (χ2v) is 17.6. The Morgan fingerprint density at radius 2 is 1.83 bits per heavy atom. The van der Waals surface area contributed by atoms with Crippen molar-refractivity contribution in [2.24, 2.45) is 11.1 Å². The van der Waals surface area contributed by atoms with E-state index in [0.29, 0.717) is 43.2 Å². The number of fused-ring (bicyclic) bond motifs is 6. The maximum atomic E-state index is 17.7. The molecule has 0 spiro atoms. The highest BCUT2D eigenvalue weighted by Gasteiger charge is 2.39. The second kappa shape index (κ2) is 16.4. The predicted octanol–water partition coefficient (Wildman–Crippen LogP) is 4.94. The van der Waals surface area contributed by atoms with Gasteiger partial charge in [-0.05, 0) is 56.7 Å². The molecule has 8 rings (SSSR count). The maximum absolute atomic E-state index is 17.7. The van der Waals surface area contributed by atoms with Gasteiger partial charge in [-0.15, -0.1) is 0 Å². The zero-order chi connectivity index (χ0) is 41.8. The highest BCUT2D eigenvalue weighted by Crippen LogP contribution is 2.45. The van der Waals surface area contributed by atoms with Gasteiger partial charge in [0.15, 0.2) is 5.82 Å². The van der Waals surface area contributed by atoms with Crippen molar-refractivity contribution in [3.63, 3.8) is 0 Å². The minimum absolute atomic E-state index is 0.0104. The van der Waals surface area contributed by atoms with Crippen molar-refractivity contribution in [3.05, 3.63) is 41.5 Å². The van der Waals surface area contributed by atoms with Crippen molar-refractivity contribution in [3.8, 4) is 11.3 Å². The van der Waals surface area contributed by atoms with Gasteiger partial charge in [-0.25, -0.2) is 9.82 Å². The third-order valence-electron chi connectivity index (χ3n) is 12.5. The summed E-state index contributed by atoms with van der Waals surface area (Å²) >= 11 is 0. The number of halogens is 4. The number of hydrogen-bond donors (Lipinski definition) is 2. The van der Waals surface area contributed by atoms with Gasteiger partial charge < -0.3 is 34.3 Å². The van der Waals surface area contributed by atoms with E-state index in [1.807, 2.05) is 24.8 Å². The van der Waals surface area contributed by atoms with E-state index < -0.39 is 54.1 Å². The summed E-state index contributed by atoms with van der Waals surface area (Å²) < 4.78 is 81.6. The molecule has 59 heavy (non-hydrogen) atoms. The zero-order valence-corrected chi connectivity index (χ0v) is 34.3. The van der Waals surface area contributed by atoms with Gasteiger partial charge in [-0.1, -0.05) is 19.9 Å². The first-order valence-corrected chi connectivity index (χ1v) is 20.9. The Hall–Kier alpha value is -4.03. The molecule has 5 aliphatic rings. The van der Waals surface area contributed by atoms with Crippen LogP contribution in [-0.4, -0.2) is 128 Å². The molecule has 6 heterocycles. The molecule has 13 nitrogen and oxygen atoms in total. The number of hydrazine groups is 1. The Morgan fingerprint density at radius 3 is 2.54 bits per heavy atom. The number of esters is 1. The number of nitrogens with zero attached hydrogens (tertiary/aromatic N) is 6. The number of piperazine rings is 1. The van der Waals surface area contributed by atoms with Crippen LogP contribution in [-0.2, 0) is 36.8 Å². The van der Waals surface area contributed by atoms with Crippen molar-refractivity contribution in [1.29, 1.82) is 0 Å². The minimum atomic E-state index is -4.65. The van der Waals surface area contributed by atoms with E-state index in [4.69, 9.17) is 24.9 Å². The molecule has 17 heteroatoms. The zero-order valence-electron chi connectivity index (χ0n) is 34.3. The van der Waals surface area contributed by atoms with Crippen LogP contribution in [0.1, 0.15) is 70.2 Å². The monoisotopic (exact) mass is 828 g/mol. The molecule has 1 aliphatic carbocycles. The smallest absolute Gasteiger partial charge is 0.393 e. The van der Waals surface area contributed by atoms with Gasteiger partial charge in [0.05, 0.1) is 72.4 Å². The summed E-state index contributed by atoms with van der Waals surface area (Å²) in [6.07, 6.45) is -1.85. The molecular weight excluding hydrogens is 773 g/mol. The molecule has 6 bridgehead atoms. The average molecular weight is 829 g/mol. The lowest BCUT2D eigenvalue weighted by Gasteiger charge is -2.38. The normalized spacial score (nSPS) is 25.6. The van der Waals surface area contributed by atoms with E-state index in [2.05, 4.69) is 15.2 Å². The highest BCUT2D eigenvalue weighted by atomic mass is 19.4. The number of carbonyl (C=O) groups is 2. The quantitative estimate of drug-likeness (QED) is 0.259. The van der Waals surface area contributed by atoms with Crippen LogP contribution >= 0.6 is 0 Å². The molecule has 3 aromatic rings. The maximum Gasteiger partial charge on any atom is 0.393 e. The van der Waals surface area contributed by atoms with Gasteiger partial charge in [0, 0.05) is 81.9 Å². The van der Waals surface area contributed by atoms with E-state index in [9.17, 15) is 22.8 Å². The number of anilines is 2. The Bertz CT molecular complexity index is 2050. The number of benzene rings is 1. The number of cyclic esters (lactones) is 1. The van der Waals surface area contributed by atoms with E-state index in [1.54, 1.807) is 23.8 Å². The van der Waals surface area contributed by atoms with Crippen LogP contribution in [0.3, 0.4) is 0 Å². The van der Waals surface area contributed by atoms with Crippen molar-refractivity contribution in [2.75, 3.05) is 75.9 Å². The lowest BCUT2D eigenvalue weighted by Crippen LogP contribution is -2.59. The summed E-state index contributed by atoms with van der Waals surface area (Å²) in [5, 5.41) is 1.50. The molecule has 1 amide bonds. The number of rotatable bonds is 6. The highest BCUT2D eigenvalue weighted by molar-refractivity contribution is 5.95. The van der Waals surface area contributed by atoms with E-state index >= 15 is 4.39 Å². The molecule has 4 atom stereocenters. The first-order valence-electron chi connectivity index (χ1n) is 20.9. The van der Waals surface area contributed by atoms with Crippen molar-refractivity contribution >= 4 is 34.2 Å². The van der Waals surface area contributed by atoms with E-state index in [0.717, 1.165) is 31.9 Å². The van der Waals surface area contributed by atoms with Crippen molar-refractivity contribution in [1.82, 2.24) is 24.9 Å². The number of carbonyl (C=O) groups excluding carboxylic acids is 2. The van der Waals surface area contributed by atoms with Crippen LogP contribution < -0.4 is 21.0 Å². The number of alkyl halides is 3. The Kier molecular flexibility index (Phi) is 11.6. The van der Waals surface area contributed by atoms with Gasteiger partial charge >= 0.3 is 12.1 Å². The topological polar surface area (TPSA) is 131 Å². The van der Waals surface area contributed by atoms with Crippen molar-refractivity contribution < 1.29 is 41.4 Å². The molecule has 1 saturated carbocycles. The van der Waals surface area contributed by atoms with Crippen LogP contribution in [0.5, 0.6) is 0 Å². The van der Waals surface area contributed by atoms with Crippen LogP contribution in [0.4, 0.5) is 28.9 Å². The molecule has 1 aromatic carbocycles. The number of morpholine rings is 1. The van der Waals surface area contributed by atoms with E-state index in [1.165, 1.54) is 31.0 Å². The number of ether oxygens (including phenoxy) is 3. The number of nitrogens with one attached hydrogen (secondary N) is 1. The summed E-state index contributed by atoms with van der Waals surface area (Å²) in [5.74, 6) is -1.64. The van der Waals surface area contributed by atoms with Gasteiger partial charge in [0.1, 0.15) is 6.04 Å². The minimum Gasteiger partial charge on any atom is -0.464 e. The van der Waals surface area contributed by atoms with Crippen LogP contribution in [0.15, 0.2) is 24.4 Å². The molecular formula is C42H56F4N8O5. The third-order valence-corrected chi connectivity index (χ3v) is 12.5. The van der Waals surface area contributed by atoms with Gasteiger partial charge in [-0.2, -0.15) is 13.2 Å². The number of hydrogen-bond acceptors (Lipinski definition) is 11. The Balaban J connectivity index is 1.31. The molecule has 3 saturated heterocycles. The average Bonchev–Trinajstić information content (AvgIpc) is 4.03. The lowest BCUT2D eigenvalue weighted by molar-refractivity contribution is -0.155. The summed E-state index contributed by atoms with van der Waals surface area (Å²) in [6.45, 7) is 9.63. The van der Waals surface area contributed by atoms with Gasteiger partial charge in [0.2, 0.25) is 0 Å². The van der Waals surface area contributed by atoms with Gasteiger partial charge in [-0.3, -0.25) is 24.5 Å². The predicted molar refractivity (Wildman–Crippen MR) is 214 cm³/mol. The number of aromatic nitrogens is 2. The Morgan fingerprint density at radius 1 is 1.07 bits per heavy atom. The lowest BCUT2D eigenvalue weighted by atomic mass is 9.93.